The molecule has 0 aliphatic carbocycles. The second kappa shape index (κ2) is 9.42. The third kappa shape index (κ3) is 4.61. The van der Waals surface area contributed by atoms with Crippen molar-refractivity contribution in [3.8, 4) is 11.1 Å². The van der Waals surface area contributed by atoms with Crippen molar-refractivity contribution >= 4 is 20.8 Å². The molecule has 6 rings (SSSR count). The summed E-state index contributed by atoms with van der Waals surface area (Å²) in [6.45, 7) is 14.0. The minimum atomic E-state index is -1.68. The molecule has 0 saturated carbocycles. The van der Waals surface area contributed by atoms with Crippen LogP contribution in [0.2, 0.25) is 0 Å². The zero-order valence-electron chi connectivity index (χ0n) is 24.2. The first-order chi connectivity index (χ1) is 18.6. The molecule has 0 fully saturated rings. The summed E-state index contributed by atoms with van der Waals surface area (Å²) in [4.78, 5) is 5.80. The summed E-state index contributed by atoms with van der Waals surface area (Å²) in [7, 11) is -1.68. The Kier molecular flexibility index (Phi) is 6.27. The van der Waals surface area contributed by atoms with Crippen molar-refractivity contribution in [2.24, 2.45) is 10.8 Å². The molecule has 1 heteroatoms. The van der Waals surface area contributed by atoms with Gasteiger partial charge in [0, 0.05) is 19.6 Å². The molecule has 1 aliphatic rings. The summed E-state index contributed by atoms with van der Waals surface area (Å²) in [5.74, 6) is 0. The Morgan fingerprint density at radius 1 is 0.513 bits per heavy atom. The molecule has 0 nitrogen and oxygen atoms in total. The molecule has 0 saturated heterocycles. The Hall–Kier alpha value is -3.29. The lowest BCUT2D eigenvalue weighted by Gasteiger charge is -2.40. The van der Waals surface area contributed by atoms with E-state index in [9.17, 15) is 0 Å². The molecule has 39 heavy (non-hydrogen) atoms. The molecule has 1 aliphatic heterocycles. The quantitative estimate of drug-likeness (QED) is 0.213. The monoisotopic (exact) mass is 528 g/mol. The van der Waals surface area contributed by atoms with Gasteiger partial charge in [-0.15, -0.1) is 10.0 Å². The topological polar surface area (TPSA) is 0 Å². The number of fused-ring (bicyclic) bond motifs is 5. The van der Waals surface area contributed by atoms with Gasteiger partial charge >= 0.3 is 0 Å². The Balaban J connectivity index is 1.70. The first kappa shape index (κ1) is 26.0. The van der Waals surface area contributed by atoms with Gasteiger partial charge in [0.05, 0.1) is 0 Å². The standard InChI is InChI=1S/C38H40S/c1-37(2,3)25-27-17-21-31(22-18-27)39(30-12-8-7-9-13-30)35-15-11-10-14-32(35)33-23-20-29-19-16-28(26-38(4,5)6)24-34(29)36(33)39/h7-24H,25-26H2,1-6H3. The van der Waals surface area contributed by atoms with Crippen LogP contribution < -0.4 is 0 Å². The SMILES string of the molecule is CC(C)(C)Cc1ccc(S2(c3ccccc3)c3ccccc3-c3ccc4ccc(CC(C)(C)C)cc4c32)cc1. The second-order valence-electron chi connectivity index (χ2n) is 13.5. The summed E-state index contributed by atoms with van der Waals surface area (Å²) in [5.41, 5.74) is 6.10. The van der Waals surface area contributed by atoms with E-state index in [0.717, 1.165) is 12.8 Å². The highest BCUT2D eigenvalue weighted by atomic mass is 32.3. The maximum atomic E-state index is 2.50. The highest BCUT2D eigenvalue weighted by Gasteiger charge is 2.43. The second-order valence-corrected chi connectivity index (χ2v) is 16.6. The molecule has 0 N–H and O–H groups in total. The van der Waals surface area contributed by atoms with Gasteiger partial charge in [0.1, 0.15) is 0 Å². The van der Waals surface area contributed by atoms with Crippen LogP contribution in [-0.2, 0) is 12.8 Å². The van der Waals surface area contributed by atoms with Crippen molar-refractivity contribution < 1.29 is 0 Å². The normalized spacial score (nSPS) is 18.4. The summed E-state index contributed by atoms with van der Waals surface area (Å²) in [6.07, 6.45) is 2.14. The van der Waals surface area contributed by atoms with Gasteiger partial charge in [0.2, 0.25) is 0 Å². The van der Waals surface area contributed by atoms with Crippen molar-refractivity contribution in [1.82, 2.24) is 0 Å². The van der Waals surface area contributed by atoms with E-state index in [1.54, 1.807) is 0 Å². The molecule has 5 aromatic rings. The van der Waals surface area contributed by atoms with E-state index < -0.39 is 10.0 Å². The van der Waals surface area contributed by atoms with Gasteiger partial charge < -0.3 is 0 Å². The average Bonchev–Trinajstić information content (AvgIpc) is 3.20. The van der Waals surface area contributed by atoms with Crippen LogP contribution >= 0.6 is 10.0 Å². The molecule has 0 aromatic heterocycles. The fourth-order valence-electron chi connectivity index (χ4n) is 6.34. The van der Waals surface area contributed by atoms with Crippen LogP contribution in [0.1, 0.15) is 52.7 Å². The number of benzene rings is 5. The minimum absolute atomic E-state index is 0.237. The summed E-state index contributed by atoms with van der Waals surface area (Å²) >= 11 is 0. The lowest BCUT2D eigenvalue weighted by atomic mass is 9.87. The third-order valence-corrected chi connectivity index (χ3v) is 11.7. The van der Waals surface area contributed by atoms with E-state index >= 15 is 0 Å². The smallest absolute Gasteiger partial charge is 0.0181 e. The molecule has 198 valence electrons. The van der Waals surface area contributed by atoms with E-state index in [-0.39, 0.29) is 10.8 Å². The molecular formula is C38H40S. The molecule has 0 radical (unpaired) electrons. The third-order valence-electron chi connectivity index (χ3n) is 7.69. The molecular weight excluding hydrogens is 488 g/mol. The van der Waals surface area contributed by atoms with Crippen LogP contribution in [0.3, 0.4) is 0 Å². The largest absolute Gasteiger partial charge is 0.131 e. The molecule has 5 aromatic carbocycles. The van der Waals surface area contributed by atoms with Crippen molar-refractivity contribution in [3.63, 3.8) is 0 Å². The van der Waals surface area contributed by atoms with Crippen LogP contribution in [0.15, 0.2) is 129 Å². The number of hydrogen-bond donors (Lipinski definition) is 0. The zero-order valence-corrected chi connectivity index (χ0v) is 25.0. The van der Waals surface area contributed by atoms with E-state index in [4.69, 9.17) is 0 Å². The predicted molar refractivity (Wildman–Crippen MR) is 169 cm³/mol. The summed E-state index contributed by atoms with van der Waals surface area (Å²) in [6, 6.07) is 42.0. The van der Waals surface area contributed by atoms with Crippen LogP contribution in [0.4, 0.5) is 0 Å². The van der Waals surface area contributed by atoms with Crippen LogP contribution in [0, 0.1) is 10.8 Å². The predicted octanol–water partition coefficient (Wildman–Crippen LogP) is 11.3. The summed E-state index contributed by atoms with van der Waals surface area (Å²) < 4.78 is 0. The van der Waals surface area contributed by atoms with Crippen molar-refractivity contribution in [2.45, 2.75) is 74.0 Å². The van der Waals surface area contributed by atoms with Gasteiger partial charge in [-0.3, -0.25) is 0 Å². The fraction of sp³-hybridized carbons (Fsp3) is 0.263. The highest BCUT2D eigenvalue weighted by molar-refractivity contribution is 8.34. The van der Waals surface area contributed by atoms with Crippen LogP contribution in [0.5, 0.6) is 0 Å². The number of rotatable bonds is 4. The maximum absolute atomic E-state index is 2.50. The van der Waals surface area contributed by atoms with Crippen molar-refractivity contribution in [2.75, 3.05) is 0 Å². The van der Waals surface area contributed by atoms with E-state index in [0.29, 0.717) is 0 Å². The van der Waals surface area contributed by atoms with E-state index in [2.05, 4.69) is 151 Å². The van der Waals surface area contributed by atoms with Crippen molar-refractivity contribution in [3.05, 3.63) is 120 Å². The maximum Gasteiger partial charge on any atom is 0.0181 e. The molecule has 1 heterocycles. The van der Waals surface area contributed by atoms with Gasteiger partial charge in [-0.05, 0) is 87.0 Å². The lowest BCUT2D eigenvalue weighted by molar-refractivity contribution is 0.411. The van der Waals surface area contributed by atoms with Crippen LogP contribution in [0.25, 0.3) is 21.9 Å². The van der Waals surface area contributed by atoms with Gasteiger partial charge in [-0.1, -0.05) is 120 Å². The van der Waals surface area contributed by atoms with Gasteiger partial charge in [0.15, 0.2) is 0 Å². The fourth-order valence-corrected chi connectivity index (χ4v) is 10.7. The Bertz CT molecular complexity index is 1650. The van der Waals surface area contributed by atoms with Crippen molar-refractivity contribution in [1.29, 1.82) is 0 Å². The Morgan fingerprint density at radius 2 is 1.08 bits per heavy atom. The zero-order chi connectivity index (χ0) is 27.4. The molecule has 0 bridgehead atoms. The van der Waals surface area contributed by atoms with E-state index in [1.807, 2.05) is 0 Å². The Morgan fingerprint density at radius 3 is 1.77 bits per heavy atom. The Labute approximate surface area is 236 Å². The molecule has 1 unspecified atom stereocenters. The number of hydrogen-bond acceptors (Lipinski definition) is 0. The van der Waals surface area contributed by atoms with Gasteiger partial charge in [-0.25, -0.2) is 0 Å². The van der Waals surface area contributed by atoms with Crippen LogP contribution in [-0.4, -0.2) is 0 Å². The molecule has 0 amide bonds. The van der Waals surface area contributed by atoms with Gasteiger partial charge in [-0.2, -0.15) is 0 Å². The molecule has 1 atom stereocenters. The molecule has 0 spiro atoms. The lowest BCUT2D eigenvalue weighted by Crippen LogP contribution is -2.09. The first-order valence-corrected chi connectivity index (χ1v) is 15.8. The minimum Gasteiger partial charge on any atom is -0.131 e. The van der Waals surface area contributed by atoms with Gasteiger partial charge in [0.25, 0.3) is 0 Å². The highest BCUT2D eigenvalue weighted by Crippen LogP contribution is 2.81. The van der Waals surface area contributed by atoms with E-state index in [1.165, 1.54) is 52.6 Å². The average molecular weight is 529 g/mol. The summed E-state index contributed by atoms with van der Waals surface area (Å²) in [5, 5.41) is 2.74. The first-order valence-electron chi connectivity index (χ1n) is 14.2.